The topological polar surface area (TPSA) is 195 Å². The van der Waals surface area contributed by atoms with Crippen molar-refractivity contribution in [2.24, 2.45) is 0 Å². The maximum absolute atomic E-state index is 13.8. The molecule has 1 saturated heterocycles. The molecule has 16 heteroatoms. The highest BCUT2D eigenvalue weighted by atomic mass is 32.2. The molecule has 0 bridgehead atoms. The molecule has 286 valence electrons. The summed E-state index contributed by atoms with van der Waals surface area (Å²) in [6.07, 6.45) is 6.65. The number of piperidine rings is 1. The van der Waals surface area contributed by atoms with Crippen LogP contribution in [0.25, 0.3) is 0 Å². The van der Waals surface area contributed by atoms with Crippen LogP contribution < -0.4 is 21.3 Å². The average molecular weight is 743 g/mol. The van der Waals surface area contributed by atoms with Gasteiger partial charge in [0.1, 0.15) is 30.5 Å². The van der Waals surface area contributed by atoms with Crippen molar-refractivity contribution in [3.8, 4) is 0 Å². The third kappa shape index (κ3) is 13.6. The first-order valence-electron chi connectivity index (χ1n) is 17.7. The van der Waals surface area contributed by atoms with Crippen molar-refractivity contribution in [3.05, 3.63) is 54.1 Å². The number of thioether (sulfide) groups is 1. The fraction of sp³-hybridized carbons (Fsp3) is 0.583. The molecule has 3 rings (SSSR count). The minimum absolute atomic E-state index is 0.0600. The number of hydrogen-bond donors (Lipinski definition) is 5. The van der Waals surface area contributed by atoms with Crippen molar-refractivity contribution >= 4 is 47.3 Å². The lowest BCUT2D eigenvalue weighted by Gasteiger charge is -2.45. The molecular formula is C36H54N8O7S. The molecule has 0 spiro atoms. The van der Waals surface area contributed by atoms with E-state index >= 15 is 0 Å². The molecule has 3 unspecified atom stereocenters. The van der Waals surface area contributed by atoms with E-state index in [9.17, 15) is 28.8 Å². The summed E-state index contributed by atoms with van der Waals surface area (Å²) >= 11 is 1.47. The summed E-state index contributed by atoms with van der Waals surface area (Å²) in [5.41, 5.74) is 1.63. The zero-order valence-corrected chi connectivity index (χ0v) is 31.7. The number of carbonyl (C=O) groups excluding carboxylic acids is 6. The number of hydrogen-bond acceptors (Lipinski definition) is 10. The Morgan fingerprint density at radius 3 is 2.29 bits per heavy atom. The van der Waals surface area contributed by atoms with Gasteiger partial charge in [-0.2, -0.15) is 11.8 Å². The molecule has 2 aromatic rings. The second-order valence-corrected chi connectivity index (χ2v) is 14.4. The molecule has 1 fully saturated rings. The Kier molecular flexibility index (Phi) is 17.1. The molecule has 3 atom stereocenters. The number of Topliss-reactive ketones (excluding diaryl/α,β-unsaturated/α-hetero) is 1. The standard InChI is InChI=1S/C36H54N8O7S/c1-6-10-31(46)40-29(19-27-21-37-24-39-27)33(48)42-30(34(49)41-28(13-18-52-5)32(47)38-20-25(2)45)23-51-35(50)44-16-14-36(3,15-17-44)43(4)22-26-11-8-7-9-12-26/h7-9,11-12,21,24,28-30H,6,10,13-20,22-23H2,1-5H3,(H,37,39)(H,38,47)(H,40,46)(H,41,49)(H,42,48). The quantitative estimate of drug-likeness (QED) is 0.134. The van der Waals surface area contributed by atoms with E-state index in [4.69, 9.17) is 4.74 Å². The highest BCUT2D eigenvalue weighted by molar-refractivity contribution is 7.98. The van der Waals surface area contributed by atoms with Crippen molar-refractivity contribution in [2.75, 3.05) is 45.3 Å². The number of aromatic nitrogens is 2. The second-order valence-electron chi connectivity index (χ2n) is 13.4. The molecule has 0 saturated carbocycles. The van der Waals surface area contributed by atoms with Crippen LogP contribution in [0.4, 0.5) is 4.79 Å². The average Bonchev–Trinajstić information content (AvgIpc) is 3.64. The number of nitrogens with one attached hydrogen (secondary N) is 5. The van der Waals surface area contributed by atoms with Crippen LogP contribution >= 0.6 is 11.8 Å². The molecule has 15 nitrogen and oxygen atoms in total. The van der Waals surface area contributed by atoms with Gasteiger partial charge in [-0.3, -0.25) is 28.9 Å². The van der Waals surface area contributed by atoms with Crippen LogP contribution in [0.1, 0.15) is 64.1 Å². The minimum atomic E-state index is -1.41. The summed E-state index contributed by atoms with van der Waals surface area (Å²) in [5, 5.41) is 10.5. The van der Waals surface area contributed by atoms with Crippen LogP contribution in [-0.4, -0.2) is 124 Å². The fourth-order valence-corrected chi connectivity index (χ4v) is 6.20. The van der Waals surface area contributed by atoms with Crippen molar-refractivity contribution in [3.63, 3.8) is 0 Å². The zero-order valence-electron chi connectivity index (χ0n) is 30.9. The SMILES string of the molecule is CCCC(=O)NC(Cc1cnc[nH]1)C(=O)NC(COC(=O)N1CCC(C)(N(C)Cc2ccccc2)CC1)C(=O)NC(CCSC)C(=O)NCC(C)=O. The van der Waals surface area contributed by atoms with E-state index in [-0.39, 0.29) is 43.0 Å². The van der Waals surface area contributed by atoms with Gasteiger partial charge in [0.25, 0.3) is 0 Å². The molecule has 2 heterocycles. The number of ketones is 1. The number of amides is 5. The molecule has 1 aliphatic rings. The lowest BCUT2D eigenvalue weighted by atomic mass is 9.88. The van der Waals surface area contributed by atoms with Crippen LogP contribution in [0, 0.1) is 0 Å². The maximum atomic E-state index is 13.8. The second kappa shape index (κ2) is 21.2. The van der Waals surface area contributed by atoms with Gasteiger partial charge in [0, 0.05) is 49.9 Å². The predicted octanol–water partition coefficient (Wildman–Crippen LogP) is 1.79. The predicted molar refractivity (Wildman–Crippen MR) is 198 cm³/mol. The highest BCUT2D eigenvalue weighted by Gasteiger charge is 2.37. The normalized spacial score (nSPS) is 15.5. The number of benzene rings is 1. The van der Waals surface area contributed by atoms with Crippen LogP contribution in [0.15, 0.2) is 42.9 Å². The van der Waals surface area contributed by atoms with E-state index in [1.54, 1.807) is 4.90 Å². The van der Waals surface area contributed by atoms with Crippen LogP contribution in [0.3, 0.4) is 0 Å². The summed E-state index contributed by atoms with van der Waals surface area (Å²) < 4.78 is 5.64. The Bertz CT molecular complexity index is 1470. The fourth-order valence-electron chi connectivity index (χ4n) is 5.73. The van der Waals surface area contributed by atoms with E-state index < -0.39 is 48.5 Å². The number of nitrogens with zero attached hydrogens (tertiary/aromatic N) is 3. The molecule has 5 N–H and O–H groups in total. The van der Waals surface area contributed by atoms with Gasteiger partial charge >= 0.3 is 6.09 Å². The first-order chi connectivity index (χ1) is 24.8. The molecule has 5 amide bonds. The molecule has 52 heavy (non-hydrogen) atoms. The number of rotatable bonds is 20. The maximum Gasteiger partial charge on any atom is 0.409 e. The molecule has 1 aromatic heterocycles. The number of H-pyrrole nitrogens is 1. The Morgan fingerprint density at radius 2 is 1.67 bits per heavy atom. The van der Waals surface area contributed by atoms with Crippen molar-refractivity contribution in [2.45, 2.75) is 89.5 Å². The van der Waals surface area contributed by atoms with Gasteiger partial charge in [0.05, 0.1) is 12.9 Å². The van der Waals surface area contributed by atoms with Gasteiger partial charge in [0.15, 0.2) is 0 Å². The van der Waals surface area contributed by atoms with E-state index in [1.165, 1.54) is 36.8 Å². The number of likely N-dealkylation sites (tertiary alicyclic amines) is 1. The molecule has 1 aliphatic heterocycles. The monoisotopic (exact) mass is 742 g/mol. The van der Waals surface area contributed by atoms with Gasteiger partial charge in [-0.25, -0.2) is 9.78 Å². The number of imidazole rings is 1. The summed E-state index contributed by atoms with van der Waals surface area (Å²) in [5.74, 6) is -2.09. The first-order valence-corrected chi connectivity index (χ1v) is 19.0. The Balaban J connectivity index is 1.74. The van der Waals surface area contributed by atoms with Crippen LogP contribution in [-0.2, 0) is 41.7 Å². The van der Waals surface area contributed by atoms with Gasteiger partial charge in [0.2, 0.25) is 23.6 Å². The molecule has 0 aliphatic carbocycles. The van der Waals surface area contributed by atoms with Crippen LogP contribution in [0.2, 0.25) is 0 Å². The Hall–Kier alpha value is -4.44. The minimum Gasteiger partial charge on any atom is -0.447 e. The van der Waals surface area contributed by atoms with Crippen molar-refractivity contribution in [1.29, 1.82) is 0 Å². The van der Waals surface area contributed by atoms with Gasteiger partial charge in [-0.1, -0.05) is 37.3 Å². The Labute approximate surface area is 310 Å². The largest absolute Gasteiger partial charge is 0.447 e. The lowest BCUT2D eigenvalue weighted by Crippen LogP contribution is -2.59. The molecule has 0 radical (unpaired) electrons. The van der Waals surface area contributed by atoms with Crippen LogP contribution in [0.5, 0.6) is 0 Å². The van der Waals surface area contributed by atoms with E-state index in [0.29, 0.717) is 43.8 Å². The summed E-state index contributed by atoms with van der Waals surface area (Å²) in [7, 11) is 2.07. The third-order valence-electron chi connectivity index (χ3n) is 9.15. The lowest BCUT2D eigenvalue weighted by molar-refractivity contribution is -0.134. The first kappa shape index (κ1) is 42.0. The van der Waals surface area contributed by atoms with Gasteiger partial charge < -0.3 is 35.9 Å². The Morgan fingerprint density at radius 1 is 1.00 bits per heavy atom. The van der Waals surface area contributed by atoms with E-state index in [0.717, 1.165) is 6.54 Å². The summed E-state index contributed by atoms with van der Waals surface area (Å²) in [6.45, 7) is 6.25. The van der Waals surface area contributed by atoms with Gasteiger partial charge in [-0.15, -0.1) is 0 Å². The molecule has 1 aromatic carbocycles. The van der Waals surface area contributed by atoms with Crippen molar-refractivity contribution < 1.29 is 33.5 Å². The molecular weight excluding hydrogens is 689 g/mol. The third-order valence-corrected chi connectivity index (χ3v) is 9.80. The number of aromatic amines is 1. The highest BCUT2D eigenvalue weighted by Crippen LogP contribution is 2.29. The van der Waals surface area contributed by atoms with E-state index in [2.05, 4.69) is 62.2 Å². The van der Waals surface area contributed by atoms with Crippen molar-refractivity contribution in [1.82, 2.24) is 41.0 Å². The summed E-state index contributed by atoms with van der Waals surface area (Å²) in [6, 6.07) is 6.66. The number of carbonyl (C=O) groups is 6. The number of ether oxygens (including phenoxy) is 1. The smallest absolute Gasteiger partial charge is 0.409 e. The zero-order chi connectivity index (χ0) is 38.1. The summed E-state index contributed by atoms with van der Waals surface area (Å²) in [4.78, 5) is 88.6. The van der Waals surface area contributed by atoms with Gasteiger partial charge in [-0.05, 0) is 64.2 Å². The van der Waals surface area contributed by atoms with E-state index in [1.807, 2.05) is 31.4 Å².